The summed E-state index contributed by atoms with van der Waals surface area (Å²) in [6.45, 7) is 2.11. The second-order valence-electron chi connectivity index (χ2n) is 3.99. The van der Waals surface area contributed by atoms with Crippen molar-refractivity contribution in [2.45, 2.75) is 31.5 Å². The van der Waals surface area contributed by atoms with E-state index in [1.165, 1.54) is 0 Å². The van der Waals surface area contributed by atoms with E-state index in [9.17, 15) is 4.79 Å². The Bertz CT molecular complexity index is 235. The molecule has 0 aliphatic carbocycles. The molecule has 0 saturated carbocycles. The van der Waals surface area contributed by atoms with Gasteiger partial charge in [-0.15, -0.1) is 0 Å². The molecule has 15 heavy (non-hydrogen) atoms. The smallest absolute Gasteiger partial charge is 0.224 e. The number of carbonyl (C=O) groups excluding carboxylic acids is 1. The number of amides is 1. The van der Waals surface area contributed by atoms with Crippen molar-refractivity contribution < 1.29 is 14.3 Å². The Morgan fingerprint density at radius 2 is 2.47 bits per heavy atom. The van der Waals surface area contributed by atoms with Gasteiger partial charge < -0.3 is 14.4 Å². The van der Waals surface area contributed by atoms with Crippen molar-refractivity contribution in [2.75, 3.05) is 27.0 Å². The lowest BCUT2D eigenvalue weighted by atomic mass is 10.0. The normalized spacial score (nSPS) is 31.5. The molecule has 5 heteroatoms. The van der Waals surface area contributed by atoms with Crippen LogP contribution in [-0.2, 0) is 14.3 Å². The minimum atomic E-state index is 0.0511. The van der Waals surface area contributed by atoms with Gasteiger partial charge in [-0.25, -0.2) is 0 Å². The van der Waals surface area contributed by atoms with Crippen LogP contribution in [0.4, 0.5) is 0 Å². The molecule has 86 valence electrons. The molecule has 1 amide bonds. The molecule has 0 aromatic heterocycles. The van der Waals surface area contributed by atoms with Crippen molar-refractivity contribution in [3.05, 3.63) is 0 Å². The Morgan fingerprint density at radius 3 is 3.27 bits per heavy atom. The maximum absolute atomic E-state index is 11.6. The summed E-state index contributed by atoms with van der Waals surface area (Å²) < 4.78 is 10.5. The van der Waals surface area contributed by atoms with E-state index in [4.69, 9.17) is 9.47 Å². The van der Waals surface area contributed by atoms with Crippen LogP contribution >= 0.6 is 0 Å². The SMILES string of the molecule is COCOC1CCC(=O)N2CCCNC12. The van der Waals surface area contributed by atoms with Gasteiger partial charge in [0.25, 0.3) is 0 Å². The largest absolute Gasteiger partial charge is 0.359 e. The monoisotopic (exact) mass is 214 g/mol. The van der Waals surface area contributed by atoms with Gasteiger partial charge in [0, 0.05) is 20.1 Å². The van der Waals surface area contributed by atoms with Crippen LogP contribution in [0, 0.1) is 0 Å². The third-order valence-electron chi connectivity index (χ3n) is 2.98. The van der Waals surface area contributed by atoms with E-state index in [2.05, 4.69) is 5.32 Å². The number of hydrogen-bond acceptors (Lipinski definition) is 4. The maximum atomic E-state index is 11.6. The number of ether oxygens (including phenoxy) is 2. The van der Waals surface area contributed by atoms with Gasteiger partial charge in [0.1, 0.15) is 13.0 Å². The molecule has 2 atom stereocenters. The standard InChI is InChI=1S/C10H18N2O3/c1-14-7-15-8-3-4-9(13)12-6-2-5-11-10(8)12/h8,10-11H,2-7H2,1H3. The molecule has 1 N–H and O–H groups in total. The highest BCUT2D eigenvalue weighted by molar-refractivity contribution is 5.77. The van der Waals surface area contributed by atoms with Gasteiger partial charge in [0.15, 0.2) is 0 Å². The zero-order chi connectivity index (χ0) is 10.7. The molecule has 2 rings (SSSR count). The zero-order valence-electron chi connectivity index (χ0n) is 9.07. The summed E-state index contributed by atoms with van der Waals surface area (Å²) in [4.78, 5) is 13.5. The predicted molar refractivity (Wildman–Crippen MR) is 54.1 cm³/mol. The number of carbonyl (C=O) groups is 1. The molecule has 2 fully saturated rings. The molecule has 2 aliphatic heterocycles. The second kappa shape index (κ2) is 4.92. The number of rotatable bonds is 3. The van der Waals surface area contributed by atoms with Gasteiger partial charge in [0.2, 0.25) is 5.91 Å². The first-order valence-corrected chi connectivity index (χ1v) is 5.46. The molecule has 0 bridgehead atoms. The first kappa shape index (κ1) is 10.9. The number of nitrogens with zero attached hydrogens (tertiary/aromatic N) is 1. The molecule has 0 spiro atoms. The minimum absolute atomic E-state index is 0.0511. The highest BCUT2D eigenvalue weighted by atomic mass is 16.7. The molecule has 2 heterocycles. The summed E-state index contributed by atoms with van der Waals surface area (Å²) in [5.41, 5.74) is 0. The van der Waals surface area contributed by atoms with Crippen LogP contribution < -0.4 is 5.32 Å². The average Bonchev–Trinajstić information content (AvgIpc) is 2.29. The number of nitrogens with one attached hydrogen (secondary N) is 1. The van der Waals surface area contributed by atoms with E-state index in [0.717, 1.165) is 25.9 Å². The van der Waals surface area contributed by atoms with Crippen LogP contribution in [0.2, 0.25) is 0 Å². The minimum Gasteiger partial charge on any atom is -0.359 e. The summed E-state index contributed by atoms with van der Waals surface area (Å²) in [5.74, 6) is 0.240. The Kier molecular flexibility index (Phi) is 3.56. The highest BCUT2D eigenvalue weighted by Crippen LogP contribution is 2.22. The van der Waals surface area contributed by atoms with E-state index in [1.54, 1.807) is 7.11 Å². The van der Waals surface area contributed by atoms with Gasteiger partial charge in [-0.05, 0) is 19.4 Å². The number of fused-ring (bicyclic) bond motifs is 1. The Balaban J connectivity index is 1.97. The Labute approximate surface area is 89.7 Å². The number of methoxy groups -OCH3 is 1. The molecular formula is C10H18N2O3. The third kappa shape index (κ3) is 2.30. The molecular weight excluding hydrogens is 196 g/mol. The van der Waals surface area contributed by atoms with Crippen molar-refractivity contribution >= 4 is 5.91 Å². The van der Waals surface area contributed by atoms with Crippen LogP contribution in [0.25, 0.3) is 0 Å². The fraction of sp³-hybridized carbons (Fsp3) is 0.900. The zero-order valence-corrected chi connectivity index (χ0v) is 9.07. The molecule has 0 aromatic rings. The fourth-order valence-electron chi connectivity index (χ4n) is 2.26. The van der Waals surface area contributed by atoms with E-state index in [1.807, 2.05) is 4.90 Å². The Hall–Kier alpha value is -0.650. The quantitative estimate of drug-likeness (QED) is 0.667. The van der Waals surface area contributed by atoms with E-state index >= 15 is 0 Å². The lowest BCUT2D eigenvalue weighted by Crippen LogP contribution is -2.62. The number of hydrogen-bond donors (Lipinski definition) is 1. The van der Waals surface area contributed by atoms with Gasteiger partial charge in [-0.1, -0.05) is 0 Å². The number of piperidine rings is 1. The van der Waals surface area contributed by atoms with Crippen molar-refractivity contribution in [2.24, 2.45) is 0 Å². The molecule has 2 unspecified atom stereocenters. The summed E-state index contributed by atoms with van der Waals surface area (Å²) in [6, 6.07) is 0. The molecule has 5 nitrogen and oxygen atoms in total. The van der Waals surface area contributed by atoms with Crippen molar-refractivity contribution in [1.82, 2.24) is 10.2 Å². The van der Waals surface area contributed by atoms with Gasteiger partial charge >= 0.3 is 0 Å². The molecule has 2 saturated heterocycles. The summed E-state index contributed by atoms with van der Waals surface area (Å²) in [5, 5.41) is 3.33. The van der Waals surface area contributed by atoms with Gasteiger partial charge in [-0.2, -0.15) is 0 Å². The first-order valence-electron chi connectivity index (χ1n) is 5.46. The average molecular weight is 214 g/mol. The van der Waals surface area contributed by atoms with Crippen molar-refractivity contribution in [1.29, 1.82) is 0 Å². The highest BCUT2D eigenvalue weighted by Gasteiger charge is 2.37. The van der Waals surface area contributed by atoms with E-state index < -0.39 is 0 Å². The van der Waals surface area contributed by atoms with Crippen LogP contribution in [0.5, 0.6) is 0 Å². The summed E-state index contributed by atoms with van der Waals surface area (Å²) >= 11 is 0. The first-order chi connectivity index (χ1) is 7.33. The summed E-state index contributed by atoms with van der Waals surface area (Å²) in [7, 11) is 1.61. The van der Waals surface area contributed by atoms with Crippen molar-refractivity contribution in [3.63, 3.8) is 0 Å². The third-order valence-corrected chi connectivity index (χ3v) is 2.98. The maximum Gasteiger partial charge on any atom is 0.224 e. The van der Waals surface area contributed by atoms with Crippen LogP contribution in [0.1, 0.15) is 19.3 Å². The predicted octanol–water partition coefficient (Wildman–Crippen LogP) is -0.0827. The molecule has 2 aliphatic rings. The van der Waals surface area contributed by atoms with Crippen LogP contribution in [0.15, 0.2) is 0 Å². The van der Waals surface area contributed by atoms with E-state index in [0.29, 0.717) is 13.2 Å². The van der Waals surface area contributed by atoms with Crippen LogP contribution in [-0.4, -0.2) is 50.1 Å². The van der Waals surface area contributed by atoms with Crippen LogP contribution in [0.3, 0.4) is 0 Å². The summed E-state index contributed by atoms with van der Waals surface area (Å²) in [6.07, 6.45) is 2.53. The fourth-order valence-corrected chi connectivity index (χ4v) is 2.26. The van der Waals surface area contributed by atoms with Gasteiger partial charge in [-0.3, -0.25) is 10.1 Å². The lowest BCUT2D eigenvalue weighted by molar-refractivity contribution is -0.159. The topological polar surface area (TPSA) is 50.8 Å². The molecule has 0 radical (unpaired) electrons. The van der Waals surface area contributed by atoms with E-state index in [-0.39, 0.29) is 18.2 Å². The van der Waals surface area contributed by atoms with Gasteiger partial charge in [0.05, 0.1) is 6.10 Å². The molecule has 0 aromatic carbocycles. The lowest BCUT2D eigenvalue weighted by Gasteiger charge is -2.44. The van der Waals surface area contributed by atoms with Crippen molar-refractivity contribution in [3.8, 4) is 0 Å². The Morgan fingerprint density at radius 1 is 1.60 bits per heavy atom. The second-order valence-corrected chi connectivity index (χ2v) is 3.99.